The van der Waals surface area contributed by atoms with Gasteiger partial charge in [0.15, 0.2) is 17.3 Å². The van der Waals surface area contributed by atoms with Crippen molar-refractivity contribution in [3.63, 3.8) is 0 Å². The zero-order chi connectivity index (χ0) is 33.5. The summed E-state index contributed by atoms with van der Waals surface area (Å²) in [7, 11) is 0. The van der Waals surface area contributed by atoms with E-state index in [0.717, 1.165) is 17.5 Å². The first-order valence-corrected chi connectivity index (χ1v) is 16.6. The number of hydrogen-bond donors (Lipinski definition) is 1. The Labute approximate surface area is 279 Å². The largest absolute Gasteiger partial charge is 0.488 e. The number of Topliss-reactive ketones (excluding diaryl/α,β-unsaturated/α-hetero) is 2. The number of aromatic nitrogens is 1. The lowest BCUT2D eigenvalue weighted by molar-refractivity contribution is -0.139. The van der Waals surface area contributed by atoms with Gasteiger partial charge in [-0.2, -0.15) is 13.2 Å². The molecule has 0 amide bonds. The molecule has 8 nitrogen and oxygen atoms in total. The molecule has 1 aromatic heterocycles. The molecule has 3 aliphatic carbocycles. The normalized spacial score (nSPS) is 25.1. The van der Waals surface area contributed by atoms with E-state index >= 15 is 13.2 Å². The predicted molar refractivity (Wildman–Crippen MR) is 168 cm³/mol. The zero-order valence-corrected chi connectivity index (χ0v) is 26.3. The Morgan fingerprint density at radius 1 is 0.939 bits per heavy atom. The van der Waals surface area contributed by atoms with Crippen molar-refractivity contribution < 1.29 is 41.5 Å². The van der Waals surface area contributed by atoms with E-state index in [1.54, 1.807) is 0 Å². The molecule has 4 atom stereocenters. The van der Waals surface area contributed by atoms with Crippen LogP contribution in [0.4, 0.5) is 13.2 Å². The number of hydrogen-bond acceptors (Lipinski definition) is 8. The van der Waals surface area contributed by atoms with E-state index in [4.69, 9.17) is 18.7 Å². The van der Waals surface area contributed by atoms with Crippen LogP contribution < -0.4 is 14.8 Å². The van der Waals surface area contributed by atoms with Crippen molar-refractivity contribution >= 4 is 11.6 Å². The van der Waals surface area contributed by atoms with Gasteiger partial charge in [-0.25, -0.2) is 0 Å². The van der Waals surface area contributed by atoms with Gasteiger partial charge in [0.2, 0.25) is 11.4 Å². The number of ether oxygens (including phenoxy) is 3. The number of allylic oxidation sites excluding steroid dienone is 1. The van der Waals surface area contributed by atoms with Crippen LogP contribution in [0.25, 0.3) is 0 Å². The van der Waals surface area contributed by atoms with Crippen LogP contribution in [0.3, 0.4) is 0 Å². The molecule has 2 fully saturated rings. The first kappa shape index (κ1) is 30.2. The van der Waals surface area contributed by atoms with Gasteiger partial charge in [0.25, 0.3) is 5.88 Å². The molecule has 1 spiro atoms. The van der Waals surface area contributed by atoms with Crippen molar-refractivity contribution in [1.82, 2.24) is 10.5 Å². The zero-order valence-electron chi connectivity index (χ0n) is 26.3. The number of ketones is 2. The Hall–Kier alpha value is -4.90. The van der Waals surface area contributed by atoms with E-state index in [2.05, 4.69) is 10.5 Å². The SMILES string of the molecule is O=C1C2=C3O[C@]34C(=O)c3c(OCc5ccccc5)noc3C[C@@H]4CC2Cc2c1c(OCc1ccccc1)cc(C1CCCN1)c2C(F)(F)F. The van der Waals surface area contributed by atoms with Gasteiger partial charge in [0.1, 0.15) is 24.5 Å². The molecule has 3 aromatic carbocycles. The molecule has 2 aliphatic heterocycles. The van der Waals surface area contributed by atoms with Crippen LogP contribution in [0.2, 0.25) is 0 Å². The monoisotopic (exact) mass is 668 g/mol. The first-order chi connectivity index (χ1) is 23.7. The lowest BCUT2D eigenvalue weighted by atomic mass is 9.62. The number of fused-ring (bicyclic) bond motifs is 3. The van der Waals surface area contributed by atoms with Gasteiger partial charge in [-0.1, -0.05) is 60.7 Å². The second-order valence-corrected chi connectivity index (χ2v) is 13.5. The minimum atomic E-state index is -4.70. The highest BCUT2D eigenvalue weighted by Crippen LogP contribution is 2.63. The van der Waals surface area contributed by atoms with Gasteiger partial charge in [0, 0.05) is 24.0 Å². The Morgan fingerprint density at radius 3 is 2.33 bits per heavy atom. The number of carbonyl (C=O) groups excluding carboxylic acids is 2. The molecule has 4 aromatic rings. The summed E-state index contributed by atoms with van der Waals surface area (Å²) in [5, 5.41) is 7.26. The van der Waals surface area contributed by atoms with Gasteiger partial charge < -0.3 is 24.1 Å². The maximum absolute atomic E-state index is 15.1. The molecule has 11 heteroatoms. The van der Waals surface area contributed by atoms with Gasteiger partial charge in [-0.3, -0.25) is 9.59 Å². The highest BCUT2D eigenvalue weighted by atomic mass is 19.4. The molecule has 2 unspecified atom stereocenters. The van der Waals surface area contributed by atoms with Crippen LogP contribution in [0.15, 0.2) is 82.6 Å². The Balaban J connectivity index is 1.12. The van der Waals surface area contributed by atoms with Crippen LogP contribution in [-0.2, 0) is 37.0 Å². The van der Waals surface area contributed by atoms with Crippen LogP contribution in [0.5, 0.6) is 11.6 Å². The molecule has 49 heavy (non-hydrogen) atoms. The summed E-state index contributed by atoms with van der Waals surface area (Å²) in [5.41, 5.74) is -0.0736. The van der Waals surface area contributed by atoms with Crippen molar-refractivity contribution in [2.45, 2.75) is 63.1 Å². The molecule has 1 N–H and O–H groups in total. The first-order valence-electron chi connectivity index (χ1n) is 16.6. The smallest absolute Gasteiger partial charge is 0.417 e. The Kier molecular flexibility index (Phi) is 6.81. The van der Waals surface area contributed by atoms with E-state index in [1.807, 2.05) is 60.7 Å². The summed E-state index contributed by atoms with van der Waals surface area (Å²) in [6, 6.07) is 19.6. The van der Waals surface area contributed by atoms with Crippen molar-refractivity contribution in [3.8, 4) is 11.6 Å². The fraction of sp³-hybridized carbons (Fsp3) is 0.342. The van der Waals surface area contributed by atoms with Gasteiger partial charge in [-0.15, -0.1) is 0 Å². The van der Waals surface area contributed by atoms with Crippen LogP contribution in [0.1, 0.15) is 79.6 Å². The van der Waals surface area contributed by atoms with Crippen LogP contribution in [0, 0.1) is 11.8 Å². The topological polar surface area (TPSA) is 103 Å². The molecule has 250 valence electrons. The number of benzene rings is 3. The third-order valence-corrected chi connectivity index (χ3v) is 10.6. The number of nitrogens with zero attached hydrogens (tertiary/aromatic N) is 1. The standard InChI is InChI=1S/C38H31F3N2O6/c39-38(40,41)32-24(26-12-7-13-42-26)17-27(46-18-20-8-3-1-4-9-20)30-25(32)15-22-14-23-16-28-31(34(45)37(23)35(48-37)29(22)33(30)44)36(43-49-28)47-19-21-10-5-2-6-11-21/h1-6,8-11,17,22-23,26,42H,7,12-16,18-19H2/t22?,23-,26?,37+/m0/s1. The second-order valence-electron chi connectivity index (χ2n) is 13.5. The molecule has 0 radical (unpaired) electrons. The second kappa shape index (κ2) is 11.1. The summed E-state index contributed by atoms with van der Waals surface area (Å²) in [6.07, 6.45) is -2.89. The minimum Gasteiger partial charge on any atom is -0.488 e. The number of epoxide rings is 1. The molecule has 2 saturated heterocycles. The Bertz CT molecular complexity index is 2030. The summed E-state index contributed by atoms with van der Waals surface area (Å²) in [5.74, 6) is -1.23. The summed E-state index contributed by atoms with van der Waals surface area (Å²) in [4.78, 5) is 28.8. The number of nitrogens with one attached hydrogen (secondary N) is 1. The van der Waals surface area contributed by atoms with Crippen molar-refractivity contribution in [2.24, 2.45) is 11.8 Å². The molecule has 5 aliphatic rings. The van der Waals surface area contributed by atoms with Crippen LogP contribution in [-0.4, -0.2) is 28.9 Å². The fourth-order valence-electron chi connectivity index (χ4n) is 8.39. The van der Waals surface area contributed by atoms with E-state index in [9.17, 15) is 9.59 Å². The van der Waals surface area contributed by atoms with Crippen molar-refractivity contribution in [1.29, 1.82) is 0 Å². The highest BCUT2D eigenvalue weighted by molar-refractivity contribution is 6.17. The maximum Gasteiger partial charge on any atom is 0.417 e. The van der Waals surface area contributed by atoms with E-state index < -0.39 is 46.8 Å². The number of halogens is 3. The number of carbonyl (C=O) groups is 2. The summed E-state index contributed by atoms with van der Waals surface area (Å²) < 4.78 is 69.1. The van der Waals surface area contributed by atoms with Gasteiger partial charge >= 0.3 is 6.18 Å². The summed E-state index contributed by atoms with van der Waals surface area (Å²) in [6.45, 7) is 0.845. The third kappa shape index (κ3) is 4.73. The molecular formula is C38H31F3N2O6. The summed E-state index contributed by atoms with van der Waals surface area (Å²) >= 11 is 0. The minimum absolute atomic E-state index is 0.0319. The van der Waals surface area contributed by atoms with Gasteiger partial charge in [-0.05, 0) is 71.6 Å². The predicted octanol–water partition coefficient (Wildman–Crippen LogP) is 7.11. The van der Waals surface area contributed by atoms with E-state index in [-0.39, 0.29) is 77.7 Å². The molecule has 3 heterocycles. The van der Waals surface area contributed by atoms with E-state index in [1.165, 1.54) is 6.07 Å². The average molecular weight is 669 g/mol. The average Bonchev–Trinajstić information content (AvgIpc) is 3.39. The lowest BCUT2D eigenvalue weighted by Gasteiger charge is -2.37. The molecule has 9 rings (SSSR count). The quantitative estimate of drug-likeness (QED) is 0.208. The maximum atomic E-state index is 15.1. The third-order valence-electron chi connectivity index (χ3n) is 10.6. The molecule has 0 bridgehead atoms. The van der Waals surface area contributed by atoms with E-state index in [0.29, 0.717) is 18.7 Å². The fourth-order valence-corrected chi connectivity index (χ4v) is 8.39. The van der Waals surface area contributed by atoms with Crippen LogP contribution >= 0.6 is 0 Å². The Morgan fingerprint density at radius 2 is 1.65 bits per heavy atom. The number of alkyl halides is 3. The lowest BCUT2D eigenvalue weighted by Crippen LogP contribution is -2.44. The number of rotatable bonds is 7. The molecule has 0 saturated carbocycles. The van der Waals surface area contributed by atoms with Gasteiger partial charge in [0.05, 0.1) is 11.1 Å². The molecular weight excluding hydrogens is 637 g/mol. The van der Waals surface area contributed by atoms with Crippen molar-refractivity contribution in [3.05, 3.63) is 123 Å². The highest BCUT2D eigenvalue weighted by Gasteiger charge is 2.72. The van der Waals surface area contributed by atoms with Crippen molar-refractivity contribution in [2.75, 3.05) is 6.54 Å².